The van der Waals surface area contributed by atoms with E-state index in [4.69, 9.17) is 9.47 Å². The summed E-state index contributed by atoms with van der Waals surface area (Å²) in [7, 11) is 1.37. The van der Waals surface area contributed by atoms with Gasteiger partial charge in [0.2, 0.25) is 5.78 Å². The predicted octanol–water partition coefficient (Wildman–Crippen LogP) is 3.42. The Balaban J connectivity index is 1.98. The fourth-order valence-electron chi connectivity index (χ4n) is 2.49. The van der Waals surface area contributed by atoms with E-state index in [1.807, 2.05) is 0 Å². The SMILES string of the molecule is COc1cccc(C(=O)C(F)(F)[C@@H]2OC(=O)c3ccccc32)c1. The molecule has 1 aliphatic rings. The number of hydrogen-bond donors (Lipinski definition) is 0. The molecule has 0 radical (unpaired) electrons. The van der Waals surface area contributed by atoms with Crippen LogP contribution in [0.15, 0.2) is 48.5 Å². The minimum atomic E-state index is -3.88. The van der Waals surface area contributed by atoms with Crippen molar-refractivity contribution < 1.29 is 27.8 Å². The molecule has 0 saturated heterocycles. The molecule has 0 fully saturated rings. The van der Waals surface area contributed by atoms with Crippen LogP contribution in [0.25, 0.3) is 0 Å². The number of ketones is 1. The van der Waals surface area contributed by atoms with E-state index in [2.05, 4.69) is 0 Å². The molecule has 0 spiro atoms. The Kier molecular flexibility index (Phi) is 3.60. The second kappa shape index (κ2) is 5.46. The van der Waals surface area contributed by atoms with Crippen LogP contribution in [0.4, 0.5) is 8.78 Å². The number of carbonyl (C=O) groups excluding carboxylic acids is 2. The highest BCUT2D eigenvalue weighted by atomic mass is 19.3. The van der Waals surface area contributed by atoms with E-state index in [-0.39, 0.29) is 22.4 Å². The van der Waals surface area contributed by atoms with E-state index < -0.39 is 23.8 Å². The highest BCUT2D eigenvalue weighted by Gasteiger charge is 2.54. The maximum atomic E-state index is 14.6. The number of halogens is 2. The summed E-state index contributed by atoms with van der Waals surface area (Å²) in [6.07, 6.45) is -1.93. The molecule has 1 atom stereocenters. The molecular formula is C17H12F2O4. The fourth-order valence-corrected chi connectivity index (χ4v) is 2.49. The van der Waals surface area contributed by atoms with E-state index in [9.17, 15) is 18.4 Å². The Labute approximate surface area is 130 Å². The summed E-state index contributed by atoms with van der Waals surface area (Å²) in [6.45, 7) is 0. The van der Waals surface area contributed by atoms with Crippen LogP contribution in [0.5, 0.6) is 5.75 Å². The third-order valence-electron chi connectivity index (χ3n) is 3.65. The van der Waals surface area contributed by atoms with Crippen molar-refractivity contribution in [2.24, 2.45) is 0 Å². The lowest BCUT2D eigenvalue weighted by molar-refractivity contribution is -0.0820. The largest absolute Gasteiger partial charge is 0.497 e. The Bertz CT molecular complexity index is 786. The molecule has 1 aliphatic heterocycles. The number of benzene rings is 2. The van der Waals surface area contributed by atoms with E-state index in [0.717, 1.165) is 0 Å². The molecule has 0 amide bonds. The average molecular weight is 318 g/mol. The standard InChI is InChI=1S/C17H12F2O4/c1-22-11-6-4-5-10(9-11)14(20)17(18,19)15-12-7-2-3-8-13(12)16(21)23-15/h2-9,15H,1H3/t15-/m1/s1. The second-order valence-corrected chi connectivity index (χ2v) is 5.06. The van der Waals surface area contributed by atoms with E-state index in [1.165, 1.54) is 43.5 Å². The first-order chi connectivity index (χ1) is 10.9. The van der Waals surface area contributed by atoms with Crippen LogP contribution in [0.3, 0.4) is 0 Å². The third-order valence-corrected chi connectivity index (χ3v) is 3.65. The van der Waals surface area contributed by atoms with Gasteiger partial charge >= 0.3 is 11.9 Å². The zero-order valence-electron chi connectivity index (χ0n) is 12.1. The molecule has 0 aliphatic carbocycles. The minimum Gasteiger partial charge on any atom is -0.497 e. The molecule has 2 aromatic rings. The Morgan fingerprint density at radius 1 is 1.17 bits per heavy atom. The molecule has 4 nitrogen and oxygen atoms in total. The van der Waals surface area contributed by atoms with E-state index in [1.54, 1.807) is 12.1 Å². The number of Topliss-reactive ketones (excluding diaryl/α,β-unsaturated/α-hetero) is 1. The van der Waals surface area contributed by atoms with Crippen molar-refractivity contribution in [3.05, 3.63) is 65.2 Å². The number of esters is 1. The minimum absolute atomic E-state index is 0.0127. The summed E-state index contributed by atoms with van der Waals surface area (Å²) in [5, 5.41) is 0. The van der Waals surface area contributed by atoms with E-state index >= 15 is 0 Å². The quantitative estimate of drug-likeness (QED) is 0.640. The molecule has 0 saturated carbocycles. The lowest BCUT2D eigenvalue weighted by Gasteiger charge is -2.21. The summed E-state index contributed by atoms with van der Waals surface area (Å²) in [5.41, 5.74) is -0.149. The van der Waals surface area contributed by atoms with Gasteiger partial charge in [0.15, 0.2) is 6.10 Å². The van der Waals surface area contributed by atoms with Crippen LogP contribution in [-0.2, 0) is 4.74 Å². The lowest BCUT2D eigenvalue weighted by atomic mass is 9.95. The topological polar surface area (TPSA) is 52.6 Å². The maximum absolute atomic E-state index is 14.6. The number of cyclic esters (lactones) is 1. The van der Waals surface area contributed by atoms with Gasteiger partial charge in [0, 0.05) is 11.1 Å². The third kappa shape index (κ3) is 2.46. The van der Waals surface area contributed by atoms with Gasteiger partial charge in [-0.25, -0.2) is 4.79 Å². The Morgan fingerprint density at radius 3 is 2.65 bits per heavy atom. The summed E-state index contributed by atoms with van der Waals surface area (Å²) < 4.78 is 38.9. The first kappa shape index (κ1) is 15.1. The van der Waals surface area contributed by atoms with Gasteiger partial charge in [-0.1, -0.05) is 30.3 Å². The van der Waals surface area contributed by atoms with E-state index in [0.29, 0.717) is 0 Å². The molecule has 23 heavy (non-hydrogen) atoms. The zero-order valence-corrected chi connectivity index (χ0v) is 12.1. The summed E-state index contributed by atoms with van der Waals surface area (Å²) in [5.74, 6) is -5.88. The number of hydrogen-bond acceptors (Lipinski definition) is 4. The van der Waals surface area contributed by atoms with Gasteiger partial charge in [-0.2, -0.15) is 8.78 Å². The number of rotatable bonds is 4. The fraction of sp³-hybridized carbons (Fsp3) is 0.176. The molecule has 1 heterocycles. The number of ether oxygens (including phenoxy) is 2. The summed E-state index contributed by atoms with van der Waals surface area (Å²) in [4.78, 5) is 23.9. The Hall–Kier alpha value is -2.76. The first-order valence-electron chi connectivity index (χ1n) is 6.81. The van der Waals surface area contributed by atoms with Crippen molar-refractivity contribution in [1.29, 1.82) is 0 Å². The summed E-state index contributed by atoms with van der Waals surface area (Å²) >= 11 is 0. The molecular weight excluding hydrogens is 306 g/mol. The van der Waals surface area contributed by atoms with Crippen LogP contribution >= 0.6 is 0 Å². The Morgan fingerprint density at radius 2 is 1.91 bits per heavy atom. The van der Waals surface area contributed by atoms with Crippen LogP contribution < -0.4 is 4.74 Å². The van der Waals surface area contributed by atoms with Crippen molar-refractivity contribution in [3.63, 3.8) is 0 Å². The van der Waals surface area contributed by atoms with Gasteiger partial charge in [0.1, 0.15) is 5.75 Å². The van der Waals surface area contributed by atoms with Crippen molar-refractivity contribution in [2.75, 3.05) is 7.11 Å². The van der Waals surface area contributed by atoms with Gasteiger partial charge in [-0.3, -0.25) is 4.79 Å². The van der Waals surface area contributed by atoms with Crippen molar-refractivity contribution >= 4 is 11.8 Å². The van der Waals surface area contributed by atoms with Crippen molar-refractivity contribution in [3.8, 4) is 5.75 Å². The molecule has 118 valence electrons. The molecule has 0 unspecified atom stereocenters. The van der Waals surface area contributed by atoms with Crippen LogP contribution in [-0.4, -0.2) is 24.8 Å². The molecule has 3 rings (SSSR count). The molecule has 0 aromatic heterocycles. The predicted molar refractivity (Wildman–Crippen MR) is 76.9 cm³/mol. The monoisotopic (exact) mass is 318 g/mol. The van der Waals surface area contributed by atoms with Crippen molar-refractivity contribution in [1.82, 2.24) is 0 Å². The normalized spacial score (nSPS) is 16.7. The van der Waals surface area contributed by atoms with Crippen LogP contribution in [0.1, 0.15) is 32.4 Å². The van der Waals surface area contributed by atoms with Crippen LogP contribution in [0, 0.1) is 0 Å². The van der Waals surface area contributed by atoms with Gasteiger partial charge in [0.25, 0.3) is 0 Å². The molecule has 0 N–H and O–H groups in total. The highest BCUT2D eigenvalue weighted by Crippen LogP contribution is 2.43. The summed E-state index contributed by atoms with van der Waals surface area (Å²) in [6, 6.07) is 11.3. The van der Waals surface area contributed by atoms with Crippen molar-refractivity contribution in [2.45, 2.75) is 12.0 Å². The molecule has 6 heteroatoms. The number of methoxy groups -OCH3 is 1. The van der Waals surface area contributed by atoms with Gasteiger partial charge in [-0.15, -0.1) is 0 Å². The molecule has 0 bridgehead atoms. The molecule has 2 aromatic carbocycles. The lowest BCUT2D eigenvalue weighted by Crippen LogP contribution is -2.36. The number of fused-ring (bicyclic) bond motifs is 1. The van der Waals surface area contributed by atoms with Gasteiger partial charge in [-0.05, 0) is 18.2 Å². The zero-order chi connectivity index (χ0) is 16.6. The van der Waals surface area contributed by atoms with Crippen LogP contribution in [0.2, 0.25) is 0 Å². The van der Waals surface area contributed by atoms with Gasteiger partial charge in [0.05, 0.1) is 12.7 Å². The highest BCUT2D eigenvalue weighted by molar-refractivity contribution is 6.03. The second-order valence-electron chi connectivity index (χ2n) is 5.06. The maximum Gasteiger partial charge on any atom is 0.349 e. The van der Waals surface area contributed by atoms with Gasteiger partial charge < -0.3 is 9.47 Å². The number of carbonyl (C=O) groups is 2. The first-order valence-corrected chi connectivity index (χ1v) is 6.81. The number of alkyl halides is 2. The average Bonchev–Trinajstić information content (AvgIpc) is 2.92. The smallest absolute Gasteiger partial charge is 0.349 e.